The normalized spacial score (nSPS) is 24.9. The van der Waals surface area contributed by atoms with Crippen molar-refractivity contribution in [2.75, 3.05) is 0 Å². The van der Waals surface area contributed by atoms with Gasteiger partial charge in [0.15, 0.2) is 0 Å². The summed E-state index contributed by atoms with van der Waals surface area (Å²) in [6.07, 6.45) is 0. The van der Waals surface area contributed by atoms with Crippen molar-refractivity contribution < 1.29 is 19.8 Å². The summed E-state index contributed by atoms with van der Waals surface area (Å²) in [6, 6.07) is 12.2. The molecule has 0 fully saturated rings. The highest BCUT2D eigenvalue weighted by Gasteiger charge is 2.51. The van der Waals surface area contributed by atoms with Crippen LogP contribution in [0.5, 0.6) is 0 Å². The van der Waals surface area contributed by atoms with Crippen molar-refractivity contribution in [2.45, 2.75) is 64.2 Å². The van der Waals surface area contributed by atoms with E-state index in [2.05, 4.69) is 53.7 Å². The van der Waals surface area contributed by atoms with Gasteiger partial charge in [-0.1, -0.05) is 77.9 Å². The first kappa shape index (κ1) is 20.6. The first-order chi connectivity index (χ1) is 13.8. The quantitative estimate of drug-likeness (QED) is 0.771. The number of carbonyl (C=O) groups excluding carboxylic acids is 2. The Kier molecular flexibility index (Phi) is 4.43. The maximum atomic E-state index is 12.2. The molecule has 2 aromatic carbocycles. The Morgan fingerprint density at radius 1 is 0.633 bits per heavy atom. The summed E-state index contributed by atoms with van der Waals surface area (Å²) < 4.78 is 0. The van der Waals surface area contributed by atoms with E-state index >= 15 is 0 Å². The van der Waals surface area contributed by atoms with Crippen LogP contribution in [0, 0.1) is 11.8 Å². The zero-order valence-corrected chi connectivity index (χ0v) is 18.4. The highest BCUT2D eigenvalue weighted by Crippen LogP contribution is 2.59. The molecule has 0 N–H and O–H groups in total. The third-order valence-corrected chi connectivity index (χ3v) is 6.90. The fraction of sp³-hybridized carbons (Fsp3) is 0.462. The van der Waals surface area contributed by atoms with E-state index in [9.17, 15) is 19.8 Å². The van der Waals surface area contributed by atoms with Crippen molar-refractivity contribution in [3.63, 3.8) is 0 Å². The van der Waals surface area contributed by atoms with Crippen LogP contribution >= 0.6 is 0 Å². The molecule has 2 bridgehead atoms. The fourth-order valence-corrected chi connectivity index (χ4v) is 5.28. The number of hydrogen-bond donors (Lipinski definition) is 0. The molecule has 5 rings (SSSR count). The summed E-state index contributed by atoms with van der Waals surface area (Å²) in [5.41, 5.74) is 5.62. The molecule has 0 saturated heterocycles. The minimum absolute atomic E-state index is 0.102. The van der Waals surface area contributed by atoms with Crippen molar-refractivity contribution in [3.05, 3.63) is 69.8 Å². The summed E-state index contributed by atoms with van der Waals surface area (Å²) >= 11 is 0. The van der Waals surface area contributed by atoms with E-state index in [1.54, 1.807) is 0 Å². The average Bonchev–Trinajstić information content (AvgIpc) is 2.64. The Bertz CT molecular complexity index is 966. The van der Waals surface area contributed by atoms with E-state index in [1.807, 2.05) is 24.3 Å². The lowest BCUT2D eigenvalue weighted by Gasteiger charge is -2.52. The molecule has 0 spiro atoms. The highest BCUT2D eigenvalue weighted by molar-refractivity contribution is 5.84. The lowest BCUT2D eigenvalue weighted by atomic mass is 9.53. The second-order valence-corrected chi connectivity index (χ2v) is 10.8. The zero-order valence-electron chi connectivity index (χ0n) is 18.4. The van der Waals surface area contributed by atoms with Crippen LogP contribution in [0.1, 0.15) is 86.8 Å². The minimum Gasteiger partial charge on any atom is -0.550 e. The van der Waals surface area contributed by atoms with Crippen LogP contribution in [0.4, 0.5) is 0 Å². The predicted octanol–water partition coefficient (Wildman–Crippen LogP) is 2.60. The van der Waals surface area contributed by atoms with Crippen LogP contribution < -0.4 is 10.2 Å². The van der Waals surface area contributed by atoms with Crippen LogP contribution in [0.2, 0.25) is 0 Å². The molecule has 0 amide bonds. The van der Waals surface area contributed by atoms with Gasteiger partial charge in [-0.3, -0.25) is 0 Å². The van der Waals surface area contributed by atoms with Crippen molar-refractivity contribution >= 4 is 11.9 Å². The Morgan fingerprint density at radius 3 is 1.23 bits per heavy atom. The Hall–Kier alpha value is -2.62. The van der Waals surface area contributed by atoms with Gasteiger partial charge in [0.2, 0.25) is 0 Å². The molecular formula is C26H28O4-2. The van der Waals surface area contributed by atoms with Gasteiger partial charge in [0, 0.05) is 35.6 Å². The van der Waals surface area contributed by atoms with Gasteiger partial charge >= 0.3 is 0 Å². The summed E-state index contributed by atoms with van der Waals surface area (Å²) in [5.74, 6) is -6.03. The topological polar surface area (TPSA) is 80.3 Å². The van der Waals surface area contributed by atoms with Crippen molar-refractivity contribution in [3.8, 4) is 0 Å². The van der Waals surface area contributed by atoms with Crippen LogP contribution in [0.25, 0.3) is 0 Å². The van der Waals surface area contributed by atoms with E-state index < -0.39 is 35.6 Å². The molecule has 0 radical (unpaired) electrons. The summed E-state index contributed by atoms with van der Waals surface area (Å²) in [7, 11) is 0. The summed E-state index contributed by atoms with van der Waals surface area (Å²) in [6.45, 7) is 12.7. The molecular weight excluding hydrogens is 376 g/mol. The number of carboxylic acid groups (broad SMARTS) is 2. The van der Waals surface area contributed by atoms with Crippen molar-refractivity contribution in [2.24, 2.45) is 11.8 Å². The zero-order chi connectivity index (χ0) is 22.2. The number of fused-ring (bicyclic) bond motifs is 1. The molecule has 4 unspecified atom stereocenters. The van der Waals surface area contributed by atoms with Crippen molar-refractivity contribution in [1.82, 2.24) is 0 Å². The smallest absolute Gasteiger partial charge is 0.0461 e. The third kappa shape index (κ3) is 2.96. The van der Waals surface area contributed by atoms with E-state index in [0.717, 1.165) is 33.4 Å². The number of carboxylic acids is 2. The van der Waals surface area contributed by atoms with Crippen molar-refractivity contribution in [1.29, 1.82) is 0 Å². The number of rotatable bonds is 2. The lowest BCUT2D eigenvalue weighted by Crippen LogP contribution is -2.54. The molecule has 158 valence electrons. The highest BCUT2D eigenvalue weighted by atomic mass is 16.4. The molecule has 0 aromatic heterocycles. The largest absolute Gasteiger partial charge is 0.550 e. The number of hydrogen-bond acceptors (Lipinski definition) is 4. The van der Waals surface area contributed by atoms with Crippen LogP contribution in [-0.2, 0) is 20.4 Å². The lowest BCUT2D eigenvalue weighted by molar-refractivity contribution is -0.328. The molecule has 4 heteroatoms. The van der Waals surface area contributed by atoms with Gasteiger partial charge in [-0.05, 0) is 44.2 Å². The second kappa shape index (κ2) is 6.44. The minimum atomic E-state index is -1.32. The molecule has 0 saturated carbocycles. The Morgan fingerprint density at radius 2 is 0.967 bits per heavy atom. The van der Waals surface area contributed by atoms with Gasteiger partial charge in [-0.15, -0.1) is 0 Å². The average molecular weight is 405 g/mol. The van der Waals surface area contributed by atoms with Crippen LogP contribution in [0.3, 0.4) is 0 Å². The molecule has 0 aliphatic heterocycles. The first-order valence-corrected chi connectivity index (χ1v) is 10.5. The van der Waals surface area contributed by atoms with E-state index in [1.165, 1.54) is 0 Å². The maximum absolute atomic E-state index is 12.2. The standard InChI is InChI=1S/C26H30O4/c1-25(2,3)13-7-9-15-17(11-13)19-16-10-8-14(26(4,5)6)12-18(16)20(15)22(24(29)30)21(19)23(27)28/h7-12,19-22H,1-6H3,(H,27,28)(H,29,30)/p-2. The van der Waals surface area contributed by atoms with Gasteiger partial charge < -0.3 is 19.8 Å². The first-order valence-electron chi connectivity index (χ1n) is 10.5. The monoisotopic (exact) mass is 404 g/mol. The number of carbonyl (C=O) groups is 2. The van der Waals surface area contributed by atoms with Gasteiger partial charge in [0.1, 0.15) is 0 Å². The van der Waals surface area contributed by atoms with Gasteiger partial charge in [-0.2, -0.15) is 0 Å². The van der Waals surface area contributed by atoms with Gasteiger partial charge in [0.05, 0.1) is 0 Å². The summed E-state index contributed by atoms with van der Waals surface area (Å²) in [5, 5.41) is 24.4. The third-order valence-electron chi connectivity index (χ3n) is 6.90. The van der Waals surface area contributed by atoms with Crippen LogP contribution in [0.15, 0.2) is 36.4 Å². The molecule has 2 aromatic rings. The second-order valence-electron chi connectivity index (χ2n) is 10.8. The maximum Gasteiger partial charge on any atom is 0.0461 e. The SMILES string of the molecule is CC(C)(C)c1ccc2c(c1)C1c3ccc(C(C)(C)C)cc3C2C(C(=O)[O-])C1C(=O)[O-]. The molecule has 0 heterocycles. The molecule has 3 aliphatic rings. The number of benzene rings is 2. The van der Waals surface area contributed by atoms with E-state index in [-0.39, 0.29) is 10.8 Å². The van der Waals surface area contributed by atoms with Gasteiger partial charge in [0.25, 0.3) is 0 Å². The van der Waals surface area contributed by atoms with E-state index in [0.29, 0.717) is 0 Å². The number of aliphatic carboxylic acids is 2. The fourth-order valence-electron chi connectivity index (χ4n) is 5.28. The summed E-state index contributed by atoms with van der Waals surface area (Å²) in [4.78, 5) is 24.4. The predicted molar refractivity (Wildman–Crippen MR) is 111 cm³/mol. The molecule has 3 aliphatic carbocycles. The van der Waals surface area contributed by atoms with E-state index in [4.69, 9.17) is 0 Å². The Labute approximate surface area is 177 Å². The van der Waals surface area contributed by atoms with Gasteiger partial charge in [-0.25, -0.2) is 0 Å². The van der Waals surface area contributed by atoms with Crippen LogP contribution in [-0.4, -0.2) is 11.9 Å². The molecule has 30 heavy (non-hydrogen) atoms. The Balaban J connectivity index is 2.03. The molecule has 4 atom stereocenters. The molecule has 4 nitrogen and oxygen atoms in total.